The zero-order chi connectivity index (χ0) is 38.8. The van der Waals surface area contributed by atoms with Crippen molar-refractivity contribution >= 4 is 62.3 Å². The van der Waals surface area contributed by atoms with Crippen LogP contribution in [-0.4, -0.2) is 75.1 Å². The number of rotatable bonds is 12. The summed E-state index contributed by atoms with van der Waals surface area (Å²) in [5.74, 6) is -3.59. The maximum Gasteiger partial charge on any atom is 0.339 e. The molecule has 1 fully saturated rings. The molecule has 1 aliphatic rings. The van der Waals surface area contributed by atoms with Gasteiger partial charge in [-0.25, -0.2) is 4.79 Å². The van der Waals surface area contributed by atoms with E-state index in [0.717, 1.165) is 32.7 Å². The van der Waals surface area contributed by atoms with E-state index in [4.69, 9.17) is 29.4 Å². The molecule has 56 heavy (non-hydrogen) atoms. The van der Waals surface area contributed by atoms with Crippen LogP contribution in [0.4, 0.5) is 5.69 Å². The van der Waals surface area contributed by atoms with Crippen LogP contribution in [0.25, 0.3) is 32.7 Å². The van der Waals surface area contributed by atoms with Gasteiger partial charge in [0.1, 0.15) is 11.3 Å². The summed E-state index contributed by atoms with van der Waals surface area (Å²) < 4.78 is 30.3. The molecule has 4 heterocycles. The predicted octanol–water partition coefficient (Wildman–Crippen LogP) is 5.61. The van der Waals surface area contributed by atoms with E-state index in [0.29, 0.717) is 16.7 Å². The highest BCUT2D eigenvalue weighted by Crippen LogP contribution is 2.31. The second-order valence-electron chi connectivity index (χ2n) is 13.4. The van der Waals surface area contributed by atoms with Crippen molar-refractivity contribution in [2.75, 3.05) is 12.3 Å². The third kappa shape index (κ3) is 7.50. The zero-order valence-electron chi connectivity index (χ0n) is 29.7. The second-order valence-corrected chi connectivity index (χ2v) is 13.4. The van der Waals surface area contributed by atoms with Crippen molar-refractivity contribution in [1.29, 1.82) is 0 Å². The van der Waals surface area contributed by atoms with Crippen molar-refractivity contribution in [3.05, 3.63) is 132 Å². The molecule has 1 unspecified atom stereocenters. The number of carboxylic acids is 1. The van der Waals surface area contributed by atoms with Gasteiger partial charge in [0.25, 0.3) is 0 Å². The lowest BCUT2D eigenvalue weighted by atomic mass is 10.0. The molecule has 0 saturated carbocycles. The largest absolute Gasteiger partial charge is 0.478 e. The number of carboxylic acid groups (broad SMARTS) is 1. The number of aromatic carboxylic acids is 1. The second kappa shape index (κ2) is 15.4. The van der Waals surface area contributed by atoms with Gasteiger partial charge in [-0.3, -0.25) is 14.4 Å². The Bertz CT molecular complexity index is 2590. The number of hydrogen-bond donors (Lipinski definition) is 5. The highest BCUT2D eigenvalue weighted by atomic mass is 16.7. The molecule has 1 aliphatic heterocycles. The average molecular weight is 757 g/mol. The highest BCUT2D eigenvalue weighted by Gasteiger charge is 2.49. The number of carbonyl (C=O) groups is 4. The molecule has 4 aromatic carbocycles. The molecule has 0 radical (unpaired) electrons. The van der Waals surface area contributed by atoms with E-state index >= 15 is 0 Å². The number of ether oxygens (including phenoxy) is 5. The van der Waals surface area contributed by atoms with Crippen molar-refractivity contribution in [2.45, 2.75) is 43.9 Å². The standard InChI is InChI=1S/C42H36N4O10/c43-26-13-14-34(30(18-26)41(50)51)54-42-40(56-38(49)17-25-21-46-33-12-6-3-9-29(25)33)39(55-37(48)16-24-20-45-32-11-5-2-8-28(24)32)35(22-52-42)53-36(47)15-23-19-44-31-10-4-1-7-27(23)31/h1-14,18-21,35,39-40,42,44-46H,15-17,22,43H2,(H,50,51)/t35-,39+,40-,42?/m1/s1. The van der Waals surface area contributed by atoms with Gasteiger partial charge in [0, 0.05) is 57.0 Å². The quantitative estimate of drug-likeness (QED) is 0.0588. The molecule has 14 nitrogen and oxygen atoms in total. The summed E-state index contributed by atoms with van der Waals surface area (Å²) in [7, 11) is 0. The molecule has 4 atom stereocenters. The first kappa shape index (κ1) is 35.9. The number of carbonyl (C=O) groups excluding carboxylic acids is 3. The number of esters is 3. The lowest BCUT2D eigenvalue weighted by Gasteiger charge is -2.40. The third-order valence-corrected chi connectivity index (χ3v) is 9.71. The first-order valence-electron chi connectivity index (χ1n) is 17.8. The molecule has 7 aromatic rings. The SMILES string of the molecule is Nc1ccc(OC2OC[C@@H](OC(=O)Cc3c[nH]c4ccccc34)[C@H](OC(=O)Cc3c[nH]c4ccccc34)[C@H]2OC(=O)Cc2c[nH]c3ccccc23)c(C(=O)O)c1. The fraction of sp³-hybridized carbons (Fsp3) is 0.190. The summed E-state index contributed by atoms with van der Waals surface area (Å²) in [5.41, 5.74) is 10.2. The number of nitrogen functional groups attached to an aromatic ring is 1. The lowest BCUT2D eigenvalue weighted by molar-refractivity contribution is -0.261. The summed E-state index contributed by atoms with van der Waals surface area (Å²) in [5, 5.41) is 12.4. The van der Waals surface area contributed by atoms with Gasteiger partial charge in [-0.1, -0.05) is 54.6 Å². The molecular formula is C42H36N4O10. The third-order valence-electron chi connectivity index (χ3n) is 9.71. The van der Waals surface area contributed by atoms with E-state index in [2.05, 4.69) is 15.0 Å². The van der Waals surface area contributed by atoms with E-state index in [1.54, 1.807) is 18.6 Å². The molecule has 0 amide bonds. The molecule has 1 saturated heterocycles. The molecule has 6 N–H and O–H groups in total. The number of H-pyrrole nitrogens is 3. The van der Waals surface area contributed by atoms with Crippen LogP contribution in [0.5, 0.6) is 5.75 Å². The first-order valence-corrected chi connectivity index (χ1v) is 17.8. The molecule has 0 bridgehead atoms. The van der Waals surface area contributed by atoms with E-state index in [1.807, 2.05) is 72.8 Å². The molecule has 14 heteroatoms. The number of nitrogens with one attached hydrogen (secondary N) is 3. The summed E-state index contributed by atoms with van der Waals surface area (Å²) in [4.78, 5) is 62.9. The van der Waals surface area contributed by atoms with E-state index in [-0.39, 0.29) is 42.9 Å². The van der Waals surface area contributed by atoms with E-state index < -0.39 is 48.5 Å². The summed E-state index contributed by atoms with van der Waals surface area (Å²) in [6, 6.07) is 26.4. The van der Waals surface area contributed by atoms with Crippen molar-refractivity contribution < 1.29 is 48.0 Å². The van der Waals surface area contributed by atoms with Crippen LogP contribution < -0.4 is 10.5 Å². The smallest absolute Gasteiger partial charge is 0.339 e. The van der Waals surface area contributed by atoms with Gasteiger partial charge in [0.05, 0.1) is 25.9 Å². The monoisotopic (exact) mass is 756 g/mol. The van der Waals surface area contributed by atoms with Crippen LogP contribution in [0.2, 0.25) is 0 Å². The number of nitrogens with two attached hydrogens (primary N) is 1. The number of fused-ring (bicyclic) bond motifs is 3. The Hall–Kier alpha value is -7.06. The Morgan fingerprint density at radius 1 is 0.643 bits per heavy atom. The number of para-hydroxylation sites is 3. The van der Waals surface area contributed by atoms with Crippen molar-refractivity contribution in [2.24, 2.45) is 0 Å². The number of anilines is 1. The summed E-state index contributed by atoms with van der Waals surface area (Å²) in [6.45, 7) is -0.358. The molecule has 0 spiro atoms. The first-order chi connectivity index (χ1) is 27.2. The van der Waals surface area contributed by atoms with Gasteiger partial charge in [-0.15, -0.1) is 0 Å². The Labute approximate surface area is 318 Å². The Balaban J connectivity index is 1.12. The highest BCUT2D eigenvalue weighted by molar-refractivity contribution is 5.92. The number of hydrogen-bond acceptors (Lipinski definition) is 10. The van der Waals surface area contributed by atoms with Crippen molar-refractivity contribution in [1.82, 2.24) is 15.0 Å². The van der Waals surface area contributed by atoms with E-state index in [1.165, 1.54) is 18.2 Å². The zero-order valence-corrected chi connectivity index (χ0v) is 29.7. The van der Waals surface area contributed by atoms with Gasteiger partial charge >= 0.3 is 23.9 Å². The molecule has 3 aromatic heterocycles. The molecular weight excluding hydrogens is 720 g/mol. The Kier molecular flexibility index (Phi) is 9.86. The van der Waals surface area contributed by atoms with Crippen LogP contribution in [0, 0.1) is 0 Å². The van der Waals surface area contributed by atoms with Crippen LogP contribution in [0.1, 0.15) is 27.0 Å². The van der Waals surface area contributed by atoms with Gasteiger partial charge < -0.3 is 49.5 Å². The minimum atomic E-state index is -1.54. The fourth-order valence-electron chi connectivity index (χ4n) is 7.05. The molecule has 0 aliphatic carbocycles. The van der Waals surface area contributed by atoms with Crippen molar-refractivity contribution in [3.63, 3.8) is 0 Å². The Morgan fingerprint density at radius 3 is 1.61 bits per heavy atom. The average Bonchev–Trinajstić information content (AvgIpc) is 3.92. The normalized spacial score (nSPS) is 18.1. The minimum absolute atomic E-state index is 0.130. The van der Waals surface area contributed by atoms with Crippen LogP contribution in [-0.2, 0) is 52.6 Å². The minimum Gasteiger partial charge on any atom is -0.478 e. The van der Waals surface area contributed by atoms with Gasteiger partial charge in [-0.2, -0.15) is 0 Å². The number of aromatic nitrogens is 3. The summed E-state index contributed by atoms with van der Waals surface area (Å²) in [6.07, 6.45) is -1.18. The maximum absolute atomic E-state index is 13.8. The van der Waals surface area contributed by atoms with Crippen LogP contribution >= 0.6 is 0 Å². The number of benzene rings is 4. The van der Waals surface area contributed by atoms with Gasteiger partial charge in [-0.05, 0) is 53.1 Å². The molecule has 284 valence electrons. The number of aromatic amines is 3. The fourth-order valence-corrected chi connectivity index (χ4v) is 7.05. The van der Waals surface area contributed by atoms with Crippen LogP contribution in [0.3, 0.4) is 0 Å². The van der Waals surface area contributed by atoms with Crippen molar-refractivity contribution in [3.8, 4) is 5.75 Å². The topological polar surface area (TPSA) is 208 Å². The summed E-state index contributed by atoms with van der Waals surface area (Å²) >= 11 is 0. The van der Waals surface area contributed by atoms with Gasteiger partial charge in [0.2, 0.25) is 12.4 Å². The molecule has 8 rings (SSSR count). The Morgan fingerprint density at radius 2 is 1.11 bits per heavy atom. The van der Waals surface area contributed by atoms with E-state index in [9.17, 15) is 24.3 Å². The maximum atomic E-state index is 13.8. The lowest BCUT2D eigenvalue weighted by Crippen LogP contribution is -2.59. The van der Waals surface area contributed by atoms with Crippen LogP contribution in [0.15, 0.2) is 110 Å². The predicted molar refractivity (Wildman–Crippen MR) is 204 cm³/mol. The van der Waals surface area contributed by atoms with Gasteiger partial charge in [0.15, 0.2) is 12.2 Å².